The zero-order valence-corrected chi connectivity index (χ0v) is 14.9. The third-order valence-corrected chi connectivity index (χ3v) is 4.25. The topological polar surface area (TPSA) is 93.5 Å². The second-order valence-electron chi connectivity index (χ2n) is 5.93. The fourth-order valence-electron chi connectivity index (χ4n) is 2.79. The average molecular weight is 345 g/mol. The fourth-order valence-corrected chi connectivity index (χ4v) is 2.79. The molecule has 1 atom stereocenters. The largest absolute Gasteiger partial charge is 0.496 e. The molecule has 2 aromatic rings. The Hall–Kier alpha value is -2.83. The van der Waals surface area contributed by atoms with E-state index in [9.17, 15) is 14.7 Å². The summed E-state index contributed by atoms with van der Waals surface area (Å²) in [7, 11) is 3.31. The molecular formula is C18H23N3O4. The first-order valence-electron chi connectivity index (χ1n) is 7.98. The first kappa shape index (κ1) is 18.5. The second-order valence-corrected chi connectivity index (χ2v) is 5.93. The molecule has 0 aliphatic carbocycles. The highest BCUT2D eigenvalue weighted by atomic mass is 16.5. The summed E-state index contributed by atoms with van der Waals surface area (Å²) < 4.78 is 6.90. The van der Waals surface area contributed by atoms with E-state index in [-0.39, 0.29) is 18.9 Å². The summed E-state index contributed by atoms with van der Waals surface area (Å²) >= 11 is 0. The number of aromatic nitrogens is 2. The van der Waals surface area contributed by atoms with Crippen molar-refractivity contribution in [1.82, 2.24) is 15.1 Å². The number of carboxylic acid groups (broad SMARTS) is 1. The van der Waals surface area contributed by atoms with Crippen molar-refractivity contribution in [3.05, 3.63) is 46.8 Å². The fraction of sp³-hybridized carbons (Fsp3) is 0.389. The number of aliphatic carboxylic acids is 1. The first-order valence-corrected chi connectivity index (χ1v) is 7.98. The number of nitrogens with one attached hydrogen (secondary N) is 1. The van der Waals surface area contributed by atoms with Gasteiger partial charge in [0.1, 0.15) is 5.75 Å². The Balaban J connectivity index is 2.09. The Kier molecular flexibility index (Phi) is 5.80. The Bertz CT molecular complexity index is 783. The second kappa shape index (κ2) is 7.83. The number of nitrogens with zero attached hydrogens (tertiary/aromatic N) is 2. The third-order valence-electron chi connectivity index (χ3n) is 4.25. The van der Waals surface area contributed by atoms with E-state index in [1.54, 1.807) is 38.8 Å². The van der Waals surface area contributed by atoms with Gasteiger partial charge in [0.2, 0.25) is 0 Å². The number of methoxy groups -OCH3 is 1. The van der Waals surface area contributed by atoms with Gasteiger partial charge >= 0.3 is 5.97 Å². The van der Waals surface area contributed by atoms with Gasteiger partial charge in [0.25, 0.3) is 5.91 Å². The number of carbonyl (C=O) groups excluding carboxylic acids is 1. The van der Waals surface area contributed by atoms with Gasteiger partial charge in [-0.25, -0.2) is 0 Å². The van der Waals surface area contributed by atoms with Crippen LogP contribution in [0.5, 0.6) is 5.75 Å². The van der Waals surface area contributed by atoms with Gasteiger partial charge in [-0.15, -0.1) is 0 Å². The van der Waals surface area contributed by atoms with Crippen molar-refractivity contribution >= 4 is 11.9 Å². The minimum Gasteiger partial charge on any atom is -0.496 e. The average Bonchev–Trinajstić information content (AvgIpc) is 2.83. The van der Waals surface area contributed by atoms with Gasteiger partial charge in [-0.2, -0.15) is 5.10 Å². The van der Waals surface area contributed by atoms with Crippen LogP contribution in [0.3, 0.4) is 0 Å². The molecule has 7 nitrogen and oxygen atoms in total. The maximum Gasteiger partial charge on any atom is 0.308 e. The maximum atomic E-state index is 12.4. The van der Waals surface area contributed by atoms with Crippen LogP contribution in [-0.2, 0) is 18.3 Å². The molecule has 7 heteroatoms. The molecule has 134 valence electrons. The highest BCUT2D eigenvalue weighted by Gasteiger charge is 2.23. The molecule has 0 bridgehead atoms. The van der Waals surface area contributed by atoms with Gasteiger partial charge in [0.05, 0.1) is 24.3 Å². The molecule has 1 aromatic carbocycles. The van der Waals surface area contributed by atoms with Crippen molar-refractivity contribution in [2.45, 2.75) is 20.3 Å². The van der Waals surface area contributed by atoms with Crippen LogP contribution in [0.25, 0.3) is 0 Å². The molecule has 2 N–H and O–H groups in total. The van der Waals surface area contributed by atoms with Crippen LogP contribution in [0.15, 0.2) is 24.3 Å². The summed E-state index contributed by atoms with van der Waals surface area (Å²) in [4.78, 5) is 24.0. The molecule has 1 aromatic heterocycles. The molecule has 0 aliphatic rings. The Morgan fingerprint density at radius 3 is 2.56 bits per heavy atom. The summed E-state index contributed by atoms with van der Waals surface area (Å²) in [5.74, 6) is -1.39. The number of hydrogen-bond donors (Lipinski definition) is 2. The lowest BCUT2D eigenvalue weighted by molar-refractivity contribution is -0.141. The minimum atomic E-state index is -0.967. The molecule has 1 heterocycles. The van der Waals surface area contributed by atoms with Crippen LogP contribution < -0.4 is 10.1 Å². The lowest BCUT2D eigenvalue weighted by Gasteiger charge is -2.15. The van der Waals surface area contributed by atoms with E-state index in [1.807, 2.05) is 18.2 Å². The van der Waals surface area contributed by atoms with Crippen molar-refractivity contribution in [2.75, 3.05) is 13.7 Å². The molecule has 0 saturated carbocycles. The molecule has 0 aliphatic heterocycles. The van der Waals surface area contributed by atoms with E-state index >= 15 is 0 Å². The number of carbonyl (C=O) groups is 2. The van der Waals surface area contributed by atoms with Crippen molar-refractivity contribution < 1.29 is 19.4 Å². The van der Waals surface area contributed by atoms with Crippen LogP contribution in [-0.4, -0.2) is 40.4 Å². The first-order chi connectivity index (χ1) is 11.8. The highest BCUT2D eigenvalue weighted by Crippen LogP contribution is 2.21. The lowest BCUT2D eigenvalue weighted by Crippen LogP contribution is -2.34. The van der Waals surface area contributed by atoms with E-state index in [0.717, 1.165) is 11.3 Å². The molecule has 1 amide bonds. The van der Waals surface area contributed by atoms with Crippen LogP contribution >= 0.6 is 0 Å². The Morgan fingerprint density at radius 2 is 2.00 bits per heavy atom. The summed E-state index contributed by atoms with van der Waals surface area (Å²) in [6.07, 6.45) is 0.268. The predicted octanol–water partition coefficient (Wildman–Crippen LogP) is 1.72. The Morgan fingerprint density at radius 1 is 1.32 bits per heavy atom. The number of benzene rings is 1. The molecule has 1 unspecified atom stereocenters. The molecule has 0 fully saturated rings. The van der Waals surface area contributed by atoms with Crippen molar-refractivity contribution in [2.24, 2.45) is 13.0 Å². The molecule has 0 saturated heterocycles. The van der Waals surface area contributed by atoms with Gasteiger partial charge in [0.15, 0.2) is 0 Å². The lowest BCUT2D eigenvalue weighted by atomic mass is 9.98. The SMILES string of the molecule is COc1ccccc1CC(CNC(=O)c1c(C)nn(C)c1C)C(=O)O. The highest BCUT2D eigenvalue weighted by molar-refractivity contribution is 5.96. The van der Waals surface area contributed by atoms with E-state index in [2.05, 4.69) is 10.4 Å². The van der Waals surface area contributed by atoms with Crippen LogP contribution in [0.1, 0.15) is 27.3 Å². The third kappa shape index (κ3) is 4.17. The summed E-state index contributed by atoms with van der Waals surface area (Å²) in [6.45, 7) is 3.59. The molecular weight excluding hydrogens is 322 g/mol. The normalized spacial score (nSPS) is 11.8. The van der Waals surface area contributed by atoms with Gasteiger partial charge in [0, 0.05) is 19.3 Å². The Labute approximate surface area is 146 Å². The minimum absolute atomic E-state index is 0.0278. The summed E-state index contributed by atoms with van der Waals surface area (Å²) in [6, 6.07) is 7.27. The number of carboxylic acids is 1. The van der Waals surface area contributed by atoms with E-state index in [1.165, 1.54) is 0 Å². The van der Waals surface area contributed by atoms with Crippen LogP contribution in [0.2, 0.25) is 0 Å². The van der Waals surface area contributed by atoms with Gasteiger partial charge in [-0.3, -0.25) is 14.3 Å². The number of ether oxygens (including phenoxy) is 1. The number of rotatable bonds is 7. The molecule has 2 rings (SSSR count). The number of hydrogen-bond acceptors (Lipinski definition) is 4. The molecule has 25 heavy (non-hydrogen) atoms. The summed E-state index contributed by atoms with van der Waals surface area (Å²) in [5.41, 5.74) is 2.64. The smallest absolute Gasteiger partial charge is 0.308 e. The number of para-hydroxylation sites is 1. The van der Waals surface area contributed by atoms with Crippen molar-refractivity contribution in [1.29, 1.82) is 0 Å². The van der Waals surface area contributed by atoms with Crippen molar-refractivity contribution in [3.8, 4) is 5.75 Å². The van der Waals surface area contributed by atoms with Crippen LogP contribution in [0.4, 0.5) is 0 Å². The standard InChI is InChI=1S/C18H23N3O4/c1-11-16(12(2)21(3)20-11)17(22)19-10-14(18(23)24)9-13-7-5-6-8-15(13)25-4/h5-8,14H,9-10H2,1-4H3,(H,19,22)(H,23,24). The molecule has 0 radical (unpaired) electrons. The predicted molar refractivity (Wildman–Crippen MR) is 92.8 cm³/mol. The molecule has 0 spiro atoms. The number of amides is 1. The van der Waals surface area contributed by atoms with E-state index < -0.39 is 11.9 Å². The quantitative estimate of drug-likeness (QED) is 0.797. The van der Waals surface area contributed by atoms with Gasteiger partial charge < -0.3 is 15.2 Å². The zero-order valence-electron chi connectivity index (χ0n) is 14.9. The maximum absolute atomic E-state index is 12.4. The monoisotopic (exact) mass is 345 g/mol. The van der Waals surface area contributed by atoms with Gasteiger partial charge in [-0.05, 0) is 31.9 Å². The zero-order chi connectivity index (χ0) is 18.6. The van der Waals surface area contributed by atoms with E-state index in [4.69, 9.17) is 4.74 Å². The number of aryl methyl sites for hydroxylation is 2. The van der Waals surface area contributed by atoms with Gasteiger partial charge in [-0.1, -0.05) is 18.2 Å². The van der Waals surface area contributed by atoms with Crippen LogP contribution in [0, 0.1) is 19.8 Å². The summed E-state index contributed by atoms with van der Waals surface area (Å²) in [5, 5.41) is 16.4. The van der Waals surface area contributed by atoms with E-state index in [0.29, 0.717) is 17.0 Å². The van der Waals surface area contributed by atoms with Crippen molar-refractivity contribution in [3.63, 3.8) is 0 Å².